The summed E-state index contributed by atoms with van der Waals surface area (Å²) in [5.41, 5.74) is 0.528. The van der Waals surface area contributed by atoms with E-state index in [2.05, 4.69) is 12.2 Å². The summed E-state index contributed by atoms with van der Waals surface area (Å²) in [6.45, 7) is 9.81. The van der Waals surface area contributed by atoms with Crippen molar-refractivity contribution in [3.63, 3.8) is 0 Å². The Labute approximate surface area is 139 Å². The molecule has 23 heavy (non-hydrogen) atoms. The van der Waals surface area contributed by atoms with Crippen molar-refractivity contribution >= 4 is 11.8 Å². The smallest absolute Gasteiger partial charge is 0.410 e. The Kier molecular flexibility index (Phi) is 5.74. The standard InChI is InChI=1S/C18H28N2O3/c1-5-12-22-16-9-7-6-8-15(16)19-14-10-11-20(13-14)17(21)23-18(2,3)4/h6-9,14,19H,5,10-13H2,1-4H3. The Morgan fingerprint density at radius 1 is 1.35 bits per heavy atom. The fourth-order valence-corrected chi connectivity index (χ4v) is 2.51. The largest absolute Gasteiger partial charge is 0.491 e. The first-order valence-electron chi connectivity index (χ1n) is 8.35. The number of ether oxygens (including phenoxy) is 2. The van der Waals surface area contributed by atoms with Gasteiger partial charge in [-0.2, -0.15) is 0 Å². The van der Waals surface area contributed by atoms with E-state index in [0.717, 1.165) is 24.3 Å². The number of likely N-dealkylation sites (tertiary alicyclic amines) is 1. The molecule has 1 N–H and O–H groups in total. The summed E-state index contributed by atoms with van der Waals surface area (Å²) in [5, 5.41) is 3.49. The predicted molar refractivity (Wildman–Crippen MR) is 92.1 cm³/mol. The molecule has 1 saturated heterocycles. The van der Waals surface area contributed by atoms with Crippen molar-refractivity contribution in [2.24, 2.45) is 0 Å². The van der Waals surface area contributed by atoms with Gasteiger partial charge in [-0.3, -0.25) is 0 Å². The molecular formula is C18H28N2O3. The third-order valence-electron chi connectivity index (χ3n) is 3.55. The van der Waals surface area contributed by atoms with E-state index in [1.54, 1.807) is 4.90 Å². The van der Waals surface area contributed by atoms with Crippen LogP contribution in [0.1, 0.15) is 40.5 Å². The van der Waals surface area contributed by atoms with E-state index in [4.69, 9.17) is 9.47 Å². The number of amides is 1. The number of hydrogen-bond donors (Lipinski definition) is 1. The van der Waals surface area contributed by atoms with Crippen molar-refractivity contribution in [1.82, 2.24) is 4.90 Å². The summed E-state index contributed by atoms with van der Waals surface area (Å²) in [7, 11) is 0. The molecule has 1 unspecified atom stereocenters. The normalized spacial score (nSPS) is 17.9. The molecule has 1 aromatic rings. The Morgan fingerprint density at radius 2 is 2.09 bits per heavy atom. The summed E-state index contributed by atoms with van der Waals surface area (Å²) < 4.78 is 11.2. The van der Waals surface area contributed by atoms with Crippen LogP contribution in [0.3, 0.4) is 0 Å². The SMILES string of the molecule is CCCOc1ccccc1NC1CCN(C(=O)OC(C)(C)C)C1. The average molecular weight is 320 g/mol. The maximum Gasteiger partial charge on any atom is 0.410 e. The van der Waals surface area contributed by atoms with Crippen molar-refractivity contribution in [3.8, 4) is 5.75 Å². The zero-order valence-electron chi connectivity index (χ0n) is 14.6. The first kappa shape index (κ1) is 17.4. The molecule has 2 rings (SSSR count). The van der Waals surface area contributed by atoms with Gasteiger partial charge in [0.1, 0.15) is 11.4 Å². The predicted octanol–water partition coefficient (Wildman–Crippen LogP) is 3.90. The molecule has 1 aliphatic rings. The van der Waals surface area contributed by atoms with Crippen LogP contribution >= 0.6 is 0 Å². The zero-order chi connectivity index (χ0) is 16.9. The molecule has 5 nitrogen and oxygen atoms in total. The number of nitrogens with one attached hydrogen (secondary N) is 1. The van der Waals surface area contributed by atoms with Crippen LogP contribution in [0, 0.1) is 0 Å². The number of nitrogens with zero attached hydrogens (tertiary/aromatic N) is 1. The quantitative estimate of drug-likeness (QED) is 0.894. The first-order valence-corrected chi connectivity index (χ1v) is 8.35. The van der Waals surface area contributed by atoms with Crippen LogP contribution in [-0.4, -0.2) is 42.3 Å². The van der Waals surface area contributed by atoms with Gasteiger partial charge in [0, 0.05) is 19.1 Å². The molecule has 0 aliphatic carbocycles. The summed E-state index contributed by atoms with van der Waals surface area (Å²) >= 11 is 0. The molecule has 0 saturated carbocycles. The fraction of sp³-hybridized carbons (Fsp3) is 0.611. The van der Waals surface area contributed by atoms with Crippen molar-refractivity contribution in [2.75, 3.05) is 25.0 Å². The van der Waals surface area contributed by atoms with Crippen LogP contribution in [-0.2, 0) is 4.74 Å². The average Bonchev–Trinajstić information content (AvgIpc) is 2.93. The van der Waals surface area contributed by atoms with Crippen molar-refractivity contribution in [2.45, 2.75) is 52.2 Å². The Morgan fingerprint density at radius 3 is 2.78 bits per heavy atom. The molecule has 128 valence electrons. The lowest BCUT2D eigenvalue weighted by Crippen LogP contribution is -2.36. The number of hydrogen-bond acceptors (Lipinski definition) is 4. The van der Waals surface area contributed by atoms with Crippen LogP contribution < -0.4 is 10.1 Å². The molecule has 1 fully saturated rings. The molecule has 1 aromatic carbocycles. The minimum Gasteiger partial charge on any atom is -0.491 e. The van der Waals surface area contributed by atoms with Crippen LogP contribution in [0.25, 0.3) is 0 Å². The van der Waals surface area contributed by atoms with Crippen molar-refractivity contribution in [3.05, 3.63) is 24.3 Å². The van der Waals surface area contributed by atoms with E-state index in [0.29, 0.717) is 19.7 Å². The number of carbonyl (C=O) groups excluding carboxylic acids is 1. The van der Waals surface area contributed by atoms with Crippen molar-refractivity contribution in [1.29, 1.82) is 0 Å². The van der Waals surface area contributed by atoms with E-state index in [1.165, 1.54) is 0 Å². The minimum absolute atomic E-state index is 0.217. The summed E-state index contributed by atoms with van der Waals surface area (Å²) in [5.74, 6) is 0.866. The first-order chi connectivity index (χ1) is 10.9. The monoisotopic (exact) mass is 320 g/mol. The Bertz CT molecular complexity index is 525. The fourth-order valence-electron chi connectivity index (χ4n) is 2.51. The maximum atomic E-state index is 12.1. The van der Waals surface area contributed by atoms with E-state index >= 15 is 0 Å². The molecule has 1 atom stereocenters. The molecule has 0 aromatic heterocycles. The van der Waals surface area contributed by atoms with Gasteiger partial charge in [0.05, 0.1) is 12.3 Å². The van der Waals surface area contributed by atoms with E-state index in [-0.39, 0.29) is 12.1 Å². The lowest BCUT2D eigenvalue weighted by Gasteiger charge is -2.24. The molecule has 1 amide bonds. The van der Waals surface area contributed by atoms with Gasteiger partial charge >= 0.3 is 6.09 Å². The summed E-state index contributed by atoms with van der Waals surface area (Å²) in [6, 6.07) is 8.16. The topological polar surface area (TPSA) is 50.8 Å². The lowest BCUT2D eigenvalue weighted by molar-refractivity contribution is 0.0293. The molecule has 1 heterocycles. The third kappa shape index (κ3) is 5.34. The van der Waals surface area contributed by atoms with Gasteiger partial charge < -0.3 is 19.7 Å². The molecule has 1 aliphatic heterocycles. The Hall–Kier alpha value is -1.91. The molecule has 0 spiro atoms. The minimum atomic E-state index is -0.455. The zero-order valence-corrected chi connectivity index (χ0v) is 14.6. The molecule has 0 radical (unpaired) electrons. The van der Waals surface area contributed by atoms with Crippen LogP contribution in [0.2, 0.25) is 0 Å². The number of anilines is 1. The van der Waals surface area contributed by atoms with Gasteiger partial charge in [0.15, 0.2) is 0 Å². The van der Waals surface area contributed by atoms with Crippen LogP contribution in [0.15, 0.2) is 24.3 Å². The second-order valence-corrected chi connectivity index (χ2v) is 6.90. The summed E-state index contributed by atoms with van der Waals surface area (Å²) in [4.78, 5) is 13.9. The number of para-hydroxylation sites is 2. The van der Waals surface area contributed by atoms with E-state index in [1.807, 2.05) is 45.0 Å². The Balaban J connectivity index is 1.92. The van der Waals surface area contributed by atoms with Crippen LogP contribution in [0.5, 0.6) is 5.75 Å². The third-order valence-corrected chi connectivity index (χ3v) is 3.55. The van der Waals surface area contributed by atoms with Crippen molar-refractivity contribution < 1.29 is 14.3 Å². The van der Waals surface area contributed by atoms with E-state index in [9.17, 15) is 4.79 Å². The molecule has 5 heteroatoms. The van der Waals surface area contributed by atoms with Gasteiger partial charge in [-0.1, -0.05) is 19.1 Å². The molecule has 0 bridgehead atoms. The van der Waals surface area contributed by atoms with E-state index < -0.39 is 5.60 Å². The van der Waals surface area contributed by atoms with Gasteiger partial charge in [-0.25, -0.2) is 4.79 Å². The van der Waals surface area contributed by atoms with Gasteiger partial charge in [0.2, 0.25) is 0 Å². The highest BCUT2D eigenvalue weighted by Gasteiger charge is 2.30. The number of rotatable bonds is 5. The highest BCUT2D eigenvalue weighted by atomic mass is 16.6. The second kappa shape index (κ2) is 7.57. The highest BCUT2D eigenvalue weighted by Crippen LogP contribution is 2.27. The summed E-state index contributed by atoms with van der Waals surface area (Å²) in [6.07, 6.45) is 1.64. The second-order valence-electron chi connectivity index (χ2n) is 6.90. The lowest BCUT2D eigenvalue weighted by atomic mass is 10.2. The molecular weight excluding hydrogens is 292 g/mol. The maximum absolute atomic E-state index is 12.1. The number of benzene rings is 1. The van der Waals surface area contributed by atoms with Gasteiger partial charge in [-0.15, -0.1) is 0 Å². The number of carbonyl (C=O) groups is 1. The van der Waals surface area contributed by atoms with Gasteiger partial charge in [-0.05, 0) is 45.7 Å². The van der Waals surface area contributed by atoms with Gasteiger partial charge in [0.25, 0.3) is 0 Å². The van der Waals surface area contributed by atoms with Crippen LogP contribution in [0.4, 0.5) is 10.5 Å². The highest BCUT2D eigenvalue weighted by molar-refractivity contribution is 5.69.